The van der Waals surface area contributed by atoms with Gasteiger partial charge in [-0.05, 0) is 35.6 Å². The highest BCUT2D eigenvalue weighted by Crippen LogP contribution is 2.53. The van der Waals surface area contributed by atoms with Crippen LogP contribution in [-0.4, -0.2) is 5.71 Å². The Balaban J connectivity index is 1.49. The third-order valence-corrected chi connectivity index (χ3v) is 5.21. The molecule has 5 rings (SSSR count). The van der Waals surface area contributed by atoms with Gasteiger partial charge in [-0.1, -0.05) is 78.7 Å². The van der Waals surface area contributed by atoms with Crippen LogP contribution < -0.4 is 0 Å². The van der Waals surface area contributed by atoms with E-state index in [1.54, 1.807) is 0 Å². The standard InChI is InChI=1S/C25H19NO/c1-3-9-18(10-4-1)23(26-20-11-5-2-6-12-20)16-15-19-17-24-21-13-7-8-14-22(21)25(19)27-24/h1-14,19,24-25H,17H2. The molecule has 3 atom stereocenters. The van der Waals surface area contributed by atoms with Gasteiger partial charge in [0.25, 0.3) is 0 Å². The summed E-state index contributed by atoms with van der Waals surface area (Å²) >= 11 is 0. The summed E-state index contributed by atoms with van der Waals surface area (Å²) in [5.41, 5.74) is 5.40. The number of hydrogen-bond donors (Lipinski definition) is 0. The largest absolute Gasteiger partial charge is 0.364 e. The molecule has 130 valence electrons. The molecule has 2 heterocycles. The highest BCUT2D eigenvalue weighted by atomic mass is 16.5. The number of aliphatic imine (C=N–C) groups is 1. The average molecular weight is 349 g/mol. The molecule has 0 amide bonds. The number of hydrogen-bond acceptors (Lipinski definition) is 2. The predicted molar refractivity (Wildman–Crippen MR) is 108 cm³/mol. The van der Waals surface area contributed by atoms with Crippen molar-refractivity contribution in [1.29, 1.82) is 0 Å². The Hall–Kier alpha value is -3.15. The Morgan fingerprint density at radius 1 is 0.815 bits per heavy atom. The summed E-state index contributed by atoms with van der Waals surface area (Å²) in [7, 11) is 0. The number of benzene rings is 3. The Morgan fingerprint density at radius 3 is 2.26 bits per heavy atom. The molecule has 0 radical (unpaired) electrons. The normalized spacial score (nSPS) is 22.8. The monoisotopic (exact) mass is 349 g/mol. The Morgan fingerprint density at radius 2 is 1.48 bits per heavy atom. The third kappa shape index (κ3) is 3.07. The summed E-state index contributed by atoms with van der Waals surface area (Å²) in [5.74, 6) is 7.05. The molecule has 27 heavy (non-hydrogen) atoms. The van der Waals surface area contributed by atoms with E-state index >= 15 is 0 Å². The first-order chi connectivity index (χ1) is 13.4. The highest BCUT2D eigenvalue weighted by Gasteiger charge is 2.44. The van der Waals surface area contributed by atoms with Crippen LogP contribution in [0.15, 0.2) is 89.9 Å². The molecular formula is C25H19NO. The SMILES string of the molecule is C(#CC1CC2OC1c1ccccc12)C(=Nc1ccccc1)c1ccccc1. The van der Waals surface area contributed by atoms with Gasteiger partial charge in [-0.15, -0.1) is 0 Å². The molecule has 0 spiro atoms. The maximum Gasteiger partial charge on any atom is 0.121 e. The molecule has 2 aliphatic heterocycles. The summed E-state index contributed by atoms with van der Waals surface area (Å²) in [6.45, 7) is 0. The quantitative estimate of drug-likeness (QED) is 0.433. The third-order valence-electron chi connectivity index (χ3n) is 5.21. The van der Waals surface area contributed by atoms with Gasteiger partial charge in [0.05, 0.1) is 23.8 Å². The van der Waals surface area contributed by atoms with Crippen molar-refractivity contribution in [2.24, 2.45) is 10.9 Å². The van der Waals surface area contributed by atoms with Gasteiger partial charge in [-0.3, -0.25) is 0 Å². The first-order valence-corrected chi connectivity index (χ1v) is 9.33. The number of ether oxygens (including phenoxy) is 1. The van der Waals surface area contributed by atoms with E-state index in [0.29, 0.717) is 0 Å². The van der Waals surface area contributed by atoms with Crippen molar-refractivity contribution in [3.8, 4) is 11.8 Å². The van der Waals surface area contributed by atoms with E-state index < -0.39 is 0 Å². The molecule has 2 nitrogen and oxygen atoms in total. The molecule has 0 aliphatic carbocycles. The summed E-state index contributed by atoms with van der Waals surface area (Å²) in [6.07, 6.45) is 1.24. The zero-order valence-electron chi connectivity index (χ0n) is 14.9. The number of para-hydroxylation sites is 1. The van der Waals surface area contributed by atoms with Gasteiger partial charge in [0.2, 0.25) is 0 Å². The number of fused-ring (bicyclic) bond motifs is 5. The van der Waals surface area contributed by atoms with Crippen molar-refractivity contribution in [2.45, 2.75) is 18.6 Å². The van der Waals surface area contributed by atoms with E-state index in [-0.39, 0.29) is 18.1 Å². The van der Waals surface area contributed by atoms with Crippen LogP contribution in [0.5, 0.6) is 0 Å². The van der Waals surface area contributed by atoms with Crippen LogP contribution in [0.2, 0.25) is 0 Å². The molecule has 0 aromatic heterocycles. The zero-order chi connectivity index (χ0) is 18.1. The van der Waals surface area contributed by atoms with Crippen molar-refractivity contribution in [2.75, 3.05) is 0 Å². The second-order valence-electron chi connectivity index (χ2n) is 6.95. The highest BCUT2D eigenvalue weighted by molar-refractivity contribution is 6.14. The molecule has 2 bridgehead atoms. The minimum Gasteiger partial charge on any atom is -0.364 e. The second-order valence-corrected chi connectivity index (χ2v) is 6.95. The lowest BCUT2D eigenvalue weighted by Gasteiger charge is -2.16. The maximum absolute atomic E-state index is 6.17. The van der Waals surface area contributed by atoms with Crippen molar-refractivity contribution in [3.63, 3.8) is 0 Å². The fourth-order valence-corrected chi connectivity index (χ4v) is 3.92. The predicted octanol–water partition coefficient (Wildman–Crippen LogP) is 5.64. The van der Waals surface area contributed by atoms with E-state index in [4.69, 9.17) is 9.73 Å². The molecule has 3 unspecified atom stereocenters. The van der Waals surface area contributed by atoms with Crippen LogP contribution in [-0.2, 0) is 4.74 Å². The van der Waals surface area contributed by atoms with Gasteiger partial charge in [-0.25, -0.2) is 4.99 Å². The summed E-state index contributed by atoms with van der Waals surface area (Å²) in [6, 6.07) is 28.7. The Labute approximate surface area is 159 Å². The van der Waals surface area contributed by atoms with Gasteiger partial charge in [0.1, 0.15) is 5.71 Å². The smallest absolute Gasteiger partial charge is 0.121 e. The Bertz CT molecular complexity index is 1040. The van der Waals surface area contributed by atoms with E-state index in [1.165, 1.54) is 11.1 Å². The molecule has 2 heteroatoms. The topological polar surface area (TPSA) is 21.6 Å². The lowest BCUT2D eigenvalue weighted by molar-refractivity contribution is 0.0657. The van der Waals surface area contributed by atoms with Crippen LogP contribution in [0.4, 0.5) is 5.69 Å². The van der Waals surface area contributed by atoms with Crippen molar-refractivity contribution >= 4 is 11.4 Å². The first kappa shape index (κ1) is 16.1. The molecule has 1 saturated heterocycles. The van der Waals surface area contributed by atoms with Crippen molar-refractivity contribution in [1.82, 2.24) is 0 Å². The molecule has 3 aromatic carbocycles. The zero-order valence-corrected chi connectivity index (χ0v) is 14.9. The number of nitrogens with zero attached hydrogens (tertiary/aromatic N) is 1. The molecular weight excluding hydrogens is 330 g/mol. The Kier molecular flexibility index (Phi) is 4.08. The average Bonchev–Trinajstić information content (AvgIpc) is 3.32. The molecule has 0 saturated carbocycles. The first-order valence-electron chi connectivity index (χ1n) is 9.33. The van der Waals surface area contributed by atoms with Gasteiger partial charge < -0.3 is 4.74 Å². The van der Waals surface area contributed by atoms with Gasteiger partial charge in [-0.2, -0.15) is 0 Å². The lowest BCUT2D eigenvalue weighted by atomic mass is 9.84. The van der Waals surface area contributed by atoms with E-state index in [0.717, 1.165) is 23.4 Å². The van der Waals surface area contributed by atoms with Crippen LogP contribution >= 0.6 is 0 Å². The summed E-state index contributed by atoms with van der Waals surface area (Å²) in [4.78, 5) is 4.80. The van der Waals surface area contributed by atoms with Gasteiger partial charge in [0.15, 0.2) is 0 Å². The van der Waals surface area contributed by atoms with Crippen LogP contribution in [0, 0.1) is 17.8 Å². The minimum absolute atomic E-state index is 0.0902. The summed E-state index contributed by atoms with van der Waals surface area (Å²) < 4.78 is 6.17. The van der Waals surface area contributed by atoms with Crippen LogP contribution in [0.25, 0.3) is 0 Å². The van der Waals surface area contributed by atoms with E-state index in [9.17, 15) is 0 Å². The molecule has 0 N–H and O–H groups in total. The van der Waals surface area contributed by atoms with Gasteiger partial charge >= 0.3 is 0 Å². The summed E-state index contributed by atoms with van der Waals surface area (Å²) in [5, 5.41) is 0. The maximum atomic E-state index is 6.17. The minimum atomic E-state index is 0.0902. The number of rotatable bonds is 2. The molecule has 2 aliphatic rings. The fourth-order valence-electron chi connectivity index (χ4n) is 3.92. The van der Waals surface area contributed by atoms with Crippen molar-refractivity contribution in [3.05, 3.63) is 102 Å². The fraction of sp³-hybridized carbons (Fsp3) is 0.160. The van der Waals surface area contributed by atoms with Crippen LogP contribution in [0.3, 0.4) is 0 Å². The van der Waals surface area contributed by atoms with E-state index in [1.807, 2.05) is 48.5 Å². The van der Waals surface area contributed by atoms with E-state index in [2.05, 4.69) is 48.2 Å². The molecule has 1 fully saturated rings. The molecule has 3 aromatic rings. The lowest BCUT2D eigenvalue weighted by Crippen LogP contribution is -2.09. The van der Waals surface area contributed by atoms with Gasteiger partial charge in [0, 0.05) is 5.56 Å². The van der Waals surface area contributed by atoms with Crippen LogP contribution in [0.1, 0.15) is 35.3 Å². The second kappa shape index (κ2) is 6.87. The van der Waals surface area contributed by atoms with Crippen molar-refractivity contribution < 1.29 is 4.74 Å².